The van der Waals surface area contributed by atoms with Crippen LogP contribution >= 0.6 is 0 Å². The number of hydrogen-bond donors (Lipinski definition) is 0. The van der Waals surface area contributed by atoms with Crippen molar-refractivity contribution in [2.75, 3.05) is 19.8 Å². The number of benzene rings is 1. The standard InChI is InChI=1S/C20H32O3/c1-3-5-7-8-14-21-18-12-10-17(11-13-18)20-16-22-19(15-23-20)9-6-4-2/h10-13,19-20H,3-9,14-16H2,1-2H3/t19-,20-/m1/s1. The molecule has 0 amide bonds. The van der Waals surface area contributed by atoms with Crippen LogP contribution in [-0.2, 0) is 9.47 Å². The normalized spacial score (nSPS) is 21.3. The third-order valence-corrected chi connectivity index (χ3v) is 4.36. The molecule has 1 aromatic rings. The average Bonchev–Trinajstić information content (AvgIpc) is 2.61. The van der Waals surface area contributed by atoms with Crippen LogP contribution in [0, 0.1) is 0 Å². The van der Waals surface area contributed by atoms with Gasteiger partial charge in [0.05, 0.1) is 25.9 Å². The Kier molecular flexibility index (Phi) is 8.48. The van der Waals surface area contributed by atoms with Crippen LogP contribution in [0.4, 0.5) is 0 Å². The fourth-order valence-electron chi connectivity index (χ4n) is 2.83. The van der Waals surface area contributed by atoms with Crippen LogP contribution < -0.4 is 4.74 Å². The highest BCUT2D eigenvalue weighted by atomic mass is 16.6. The highest BCUT2D eigenvalue weighted by Gasteiger charge is 2.23. The maximum absolute atomic E-state index is 5.97. The molecule has 2 rings (SSSR count). The predicted molar refractivity (Wildman–Crippen MR) is 94.0 cm³/mol. The molecule has 23 heavy (non-hydrogen) atoms. The van der Waals surface area contributed by atoms with E-state index in [4.69, 9.17) is 14.2 Å². The Balaban J connectivity index is 1.70. The molecule has 0 aromatic heterocycles. The van der Waals surface area contributed by atoms with E-state index >= 15 is 0 Å². The van der Waals surface area contributed by atoms with Gasteiger partial charge >= 0.3 is 0 Å². The van der Waals surface area contributed by atoms with E-state index in [9.17, 15) is 0 Å². The number of rotatable bonds is 10. The van der Waals surface area contributed by atoms with Gasteiger partial charge in [-0.2, -0.15) is 0 Å². The van der Waals surface area contributed by atoms with Crippen molar-refractivity contribution >= 4 is 0 Å². The molecule has 1 aliphatic heterocycles. The van der Waals surface area contributed by atoms with E-state index in [0.29, 0.717) is 13.2 Å². The summed E-state index contributed by atoms with van der Waals surface area (Å²) in [4.78, 5) is 0. The highest BCUT2D eigenvalue weighted by Crippen LogP contribution is 2.26. The molecule has 0 bridgehead atoms. The summed E-state index contributed by atoms with van der Waals surface area (Å²) in [5, 5.41) is 0. The van der Waals surface area contributed by atoms with Gasteiger partial charge in [0.25, 0.3) is 0 Å². The molecule has 1 aliphatic rings. The van der Waals surface area contributed by atoms with E-state index in [1.807, 2.05) is 12.1 Å². The van der Waals surface area contributed by atoms with Crippen LogP contribution in [0.2, 0.25) is 0 Å². The van der Waals surface area contributed by atoms with Gasteiger partial charge in [-0.15, -0.1) is 0 Å². The van der Waals surface area contributed by atoms with Gasteiger partial charge in [0, 0.05) is 0 Å². The Hall–Kier alpha value is -1.06. The quantitative estimate of drug-likeness (QED) is 0.548. The molecule has 2 atom stereocenters. The molecular formula is C20H32O3. The van der Waals surface area contributed by atoms with Crippen LogP contribution in [0.3, 0.4) is 0 Å². The smallest absolute Gasteiger partial charge is 0.119 e. The molecule has 1 heterocycles. The number of hydrogen-bond acceptors (Lipinski definition) is 3. The van der Waals surface area contributed by atoms with Crippen LogP contribution in [0.25, 0.3) is 0 Å². The Morgan fingerprint density at radius 2 is 1.70 bits per heavy atom. The second-order valence-corrected chi connectivity index (χ2v) is 6.40. The molecule has 130 valence electrons. The molecule has 1 fully saturated rings. The van der Waals surface area contributed by atoms with E-state index in [0.717, 1.165) is 25.2 Å². The predicted octanol–water partition coefficient (Wildman–Crippen LogP) is 5.29. The molecule has 0 aliphatic carbocycles. The number of unbranched alkanes of at least 4 members (excludes halogenated alkanes) is 4. The van der Waals surface area contributed by atoms with E-state index in [1.54, 1.807) is 0 Å². The zero-order chi connectivity index (χ0) is 16.3. The molecule has 0 unspecified atom stereocenters. The second kappa shape index (κ2) is 10.7. The van der Waals surface area contributed by atoms with Crippen molar-refractivity contribution in [3.8, 4) is 5.75 Å². The largest absolute Gasteiger partial charge is 0.494 e. The van der Waals surface area contributed by atoms with Crippen molar-refractivity contribution in [2.45, 2.75) is 71.0 Å². The summed E-state index contributed by atoms with van der Waals surface area (Å²) in [6.07, 6.45) is 8.80. The van der Waals surface area contributed by atoms with E-state index in [1.165, 1.54) is 37.7 Å². The fourth-order valence-corrected chi connectivity index (χ4v) is 2.83. The highest BCUT2D eigenvalue weighted by molar-refractivity contribution is 5.28. The molecule has 0 N–H and O–H groups in total. The molecule has 3 heteroatoms. The summed E-state index contributed by atoms with van der Waals surface area (Å²) < 4.78 is 17.7. The third-order valence-electron chi connectivity index (χ3n) is 4.36. The Labute approximate surface area is 141 Å². The van der Waals surface area contributed by atoms with Gasteiger partial charge in [0.1, 0.15) is 11.9 Å². The van der Waals surface area contributed by atoms with Crippen molar-refractivity contribution in [3.05, 3.63) is 29.8 Å². The Morgan fingerprint density at radius 3 is 2.35 bits per heavy atom. The monoisotopic (exact) mass is 320 g/mol. The molecule has 0 radical (unpaired) electrons. The summed E-state index contributed by atoms with van der Waals surface area (Å²) in [7, 11) is 0. The zero-order valence-corrected chi connectivity index (χ0v) is 14.8. The van der Waals surface area contributed by atoms with Gasteiger partial charge in [-0.3, -0.25) is 0 Å². The lowest BCUT2D eigenvalue weighted by atomic mass is 10.1. The number of ether oxygens (including phenoxy) is 3. The molecule has 1 saturated heterocycles. The first-order chi connectivity index (χ1) is 11.3. The minimum Gasteiger partial charge on any atom is -0.494 e. The van der Waals surface area contributed by atoms with Crippen LogP contribution in [-0.4, -0.2) is 25.9 Å². The first-order valence-corrected chi connectivity index (χ1v) is 9.29. The van der Waals surface area contributed by atoms with Crippen molar-refractivity contribution in [1.29, 1.82) is 0 Å². The molecule has 0 spiro atoms. The zero-order valence-electron chi connectivity index (χ0n) is 14.8. The minimum atomic E-state index is 0.0616. The lowest BCUT2D eigenvalue weighted by Crippen LogP contribution is -2.31. The van der Waals surface area contributed by atoms with E-state index in [2.05, 4.69) is 26.0 Å². The first kappa shape index (κ1) is 18.3. The lowest BCUT2D eigenvalue weighted by molar-refractivity contribution is -0.137. The Bertz CT molecular complexity index is 407. The van der Waals surface area contributed by atoms with Crippen molar-refractivity contribution < 1.29 is 14.2 Å². The third kappa shape index (κ3) is 6.52. The molecular weight excluding hydrogens is 288 g/mol. The van der Waals surface area contributed by atoms with E-state index in [-0.39, 0.29) is 12.2 Å². The van der Waals surface area contributed by atoms with E-state index < -0.39 is 0 Å². The minimum absolute atomic E-state index is 0.0616. The molecule has 1 aromatic carbocycles. The SMILES string of the molecule is CCCCCCOc1ccc([C@H]2CO[C@H](CCCC)CO2)cc1. The summed E-state index contributed by atoms with van der Waals surface area (Å²) in [5.41, 5.74) is 1.18. The topological polar surface area (TPSA) is 27.7 Å². The van der Waals surface area contributed by atoms with Crippen LogP contribution in [0.1, 0.15) is 70.5 Å². The van der Waals surface area contributed by atoms with Gasteiger partial charge in [-0.25, -0.2) is 0 Å². The summed E-state index contributed by atoms with van der Waals surface area (Å²) in [6.45, 7) is 6.61. The molecule has 0 saturated carbocycles. The van der Waals surface area contributed by atoms with Gasteiger partial charge in [0.15, 0.2) is 0 Å². The average molecular weight is 320 g/mol. The van der Waals surface area contributed by atoms with Crippen LogP contribution in [0.5, 0.6) is 5.75 Å². The summed E-state index contributed by atoms with van der Waals surface area (Å²) in [6, 6.07) is 8.28. The fraction of sp³-hybridized carbons (Fsp3) is 0.700. The second-order valence-electron chi connectivity index (χ2n) is 6.40. The van der Waals surface area contributed by atoms with Crippen molar-refractivity contribution in [3.63, 3.8) is 0 Å². The first-order valence-electron chi connectivity index (χ1n) is 9.29. The summed E-state index contributed by atoms with van der Waals surface area (Å²) >= 11 is 0. The summed E-state index contributed by atoms with van der Waals surface area (Å²) in [5.74, 6) is 0.947. The van der Waals surface area contributed by atoms with Gasteiger partial charge in [-0.1, -0.05) is 58.1 Å². The van der Waals surface area contributed by atoms with Crippen molar-refractivity contribution in [1.82, 2.24) is 0 Å². The Morgan fingerprint density at radius 1 is 0.913 bits per heavy atom. The maximum Gasteiger partial charge on any atom is 0.119 e. The van der Waals surface area contributed by atoms with Gasteiger partial charge in [-0.05, 0) is 30.5 Å². The van der Waals surface area contributed by atoms with Crippen molar-refractivity contribution in [2.24, 2.45) is 0 Å². The van der Waals surface area contributed by atoms with Gasteiger partial charge in [0.2, 0.25) is 0 Å². The lowest BCUT2D eigenvalue weighted by Gasteiger charge is -2.29. The molecule has 3 nitrogen and oxygen atoms in total. The maximum atomic E-state index is 5.97. The van der Waals surface area contributed by atoms with Gasteiger partial charge < -0.3 is 14.2 Å². The van der Waals surface area contributed by atoms with Crippen LogP contribution in [0.15, 0.2) is 24.3 Å².